The van der Waals surface area contributed by atoms with Crippen molar-refractivity contribution in [2.45, 2.75) is 13.3 Å². The highest BCUT2D eigenvalue weighted by atomic mass is 16.3. The van der Waals surface area contributed by atoms with E-state index in [1.54, 1.807) is 6.92 Å². The number of hydrogen-bond acceptors (Lipinski definition) is 3. The van der Waals surface area contributed by atoms with Gasteiger partial charge in [-0.15, -0.1) is 0 Å². The van der Waals surface area contributed by atoms with Gasteiger partial charge in [-0.2, -0.15) is 0 Å². The van der Waals surface area contributed by atoms with E-state index in [4.69, 9.17) is 10.5 Å². The minimum absolute atomic E-state index is 0.245. The molecule has 0 aromatic rings. The molecule has 0 amide bonds. The smallest absolute Gasteiger partial charge is 0.201 e. The number of rotatable bonds is 5. The van der Waals surface area contributed by atoms with Gasteiger partial charge in [0.05, 0.1) is 12.3 Å². The van der Waals surface area contributed by atoms with Crippen LogP contribution >= 0.6 is 0 Å². The lowest BCUT2D eigenvalue weighted by Crippen LogP contribution is -2.27. The maximum absolute atomic E-state index is 10.7. The molecule has 63 valence electrons. The topological polar surface area (TPSA) is 81.0 Å². The van der Waals surface area contributed by atoms with Crippen LogP contribution in [0.4, 0.5) is 0 Å². The van der Waals surface area contributed by atoms with Crippen molar-refractivity contribution in [3.8, 4) is 0 Å². The maximum atomic E-state index is 10.7. The van der Waals surface area contributed by atoms with E-state index in [-0.39, 0.29) is 5.71 Å². The number of carbonyl (C=O) groups excluding carboxylic acids is 1. The van der Waals surface area contributed by atoms with Gasteiger partial charge in [0.1, 0.15) is 6.61 Å². The van der Waals surface area contributed by atoms with E-state index in [9.17, 15) is 9.90 Å². The van der Waals surface area contributed by atoms with E-state index in [2.05, 4.69) is 0 Å². The third-order valence-corrected chi connectivity index (χ3v) is 1.55. The van der Waals surface area contributed by atoms with Crippen LogP contribution in [-0.2, 0) is 9.90 Å². The highest BCUT2D eigenvalue weighted by Crippen LogP contribution is 2.03. The summed E-state index contributed by atoms with van der Waals surface area (Å²) in [5, 5.41) is 25.8. The Hall–Kier alpha value is -0.740. The maximum Gasteiger partial charge on any atom is 0.201 e. The molecule has 0 aliphatic heterocycles. The van der Waals surface area contributed by atoms with Crippen LogP contribution in [0, 0.1) is 11.3 Å². The first-order valence-electron chi connectivity index (χ1n) is 3.47. The molecule has 2 N–H and O–H groups in total. The van der Waals surface area contributed by atoms with E-state index >= 15 is 0 Å². The van der Waals surface area contributed by atoms with Gasteiger partial charge >= 0.3 is 0 Å². The zero-order chi connectivity index (χ0) is 8.85. The lowest BCUT2D eigenvalue weighted by atomic mass is 9.98. The van der Waals surface area contributed by atoms with Crippen molar-refractivity contribution in [1.29, 1.82) is 5.41 Å². The molecule has 11 heavy (non-hydrogen) atoms. The Morgan fingerprint density at radius 1 is 1.64 bits per heavy atom. The molecule has 1 unspecified atom stereocenters. The van der Waals surface area contributed by atoms with Gasteiger partial charge in [0.15, 0.2) is 0 Å². The Balaban J connectivity index is 4.09. The lowest BCUT2D eigenvalue weighted by Gasteiger charge is -2.08. The average Bonchev–Trinajstić information content (AvgIpc) is 2.05. The average molecular weight is 158 g/mol. The molecule has 0 fully saturated rings. The number of ketones is 1. The number of aliphatic hydroxyl groups is 1. The molecule has 0 rings (SSSR count). The Kier molecular flexibility index (Phi) is 4.65. The van der Waals surface area contributed by atoms with E-state index in [1.807, 2.05) is 0 Å². The van der Waals surface area contributed by atoms with Gasteiger partial charge in [-0.05, 0) is 6.42 Å². The molecule has 0 saturated heterocycles. The summed E-state index contributed by atoms with van der Waals surface area (Å²) in [5.74, 6) is -1.18. The van der Waals surface area contributed by atoms with Crippen LogP contribution in [0.15, 0.2) is 0 Å². The standard InChI is InChI=1S/C7H12NO3/c1-2-5(3-9)7(8)6(11)4-10/h5,8,10H,2-4H2,1H3. The molecule has 1 radical (unpaired) electrons. The Morgan fingerprint density at radius 2 is 2.18 bits per heavy atom. The summed E-state index contributed by atoms with van der Waals surface area (Å²) in [6, 6.07) is 0. The number of Topliss-reactive ketones (excluding diaryl/α,β-unsaturated/α-hetero) is 1. The van der Waals surface area contributed by atoms with Gasteiger partial charge in [0, 0.05) is 5.92 Å². The van der Waals surface area contributed by atoms with Gasteiger partial charge in [-0.1, -0.05) is 6.92 Å². The fourth-order valence-electron chi connectivity index (χ4n) is 0.718. The Bertz CT molecular complexity index is 152. The SMILES string of the molecule is CCC(C[O])C(=N)C(=O)CO. The summed E-state index contributed by atoms with van der Waals surface area (Å²) in [7, 11) is 0. The van der Waals surface area contributed by atoms with Gasteiger partial charge in [0.25, 0.3) is 0 Å². The Labute approximate surface area is 65.4 Å². The van der Waals surface area contributed by atoms with Crippen LogP contribution in [0.1, 0.15) is 13.3 Å². The molecule has 0 aromatic heterocycles. The van der Waals surface area contributed by atoms with Crippen LogP contribution in [-0.4, -0.2) is 29.8 Å². The van der Waals surface area contributed by atoms with Crippen LogP contribution < -0.4 is 0 Å². The third-order valence-electron chi connectivity index (χ3n) is 1.55. The molecule has 4 heteroatoms. The van der Waals surface area contributed by atoms with Crippen LogP contribution in [0.3, 0.4) is 0 Å². The summed E-state index contributed by atoms with van der Waals surface area (Å²) >= 11 is 0. The molecule has 0 aliphatic rings. The first kappa shape index (κ1) is 10.3. The third kappa shape index (κ3) is 2.78. The molecule has 1 atom stereocenters. The van der Waals surface area contributed by atoms with E-state index in [1.165, 1.54) is 0 Å². The van der Waals surface area contributed by atoms with Crippen molar-refractivity contribution in [3.63, 3.8) is 0 Å². The van der Waals surface area contributed by atoms with Crippen LogP contribution in [0.2, 0.25) is 0 Å². The lowest BCUT2D eigenvalue weighted by molar-refractivity contribution is -0.115. The van der Waals surface area contributed by atoms with Crippen molar-refractivity contribution >= 4 is 11.5 Å². The van der Waals surface area contributed by atoms with Crippen molar-refractivity contribution in [2.75, 3.05) is 13.2 Å². The van der Waals surface area contributed by atoms with E-state index in [0.717, 1.165) is 0 Å². The van der Waals surface area contributed by atoms with Crippen molar-refractivity contribution in [1.82, 2.24) is 0 Å². The van der Waals surface area contributed by atoms with Gasteiger partial charge in [-0.3, -0.25) is 4.79 Å². The van der Waals surface area contributed by atoms with Crippen LogP contribution in [0.25, 0.3) is 0 Å². The predicted octanol–water partition coefficient (Wildman–Crippen LogP) is 0.0243. The fourth-order valence-corrected chi connectivity index (χ4v) is 0.718. The number of hydrogen-bond donors (Lipinski definition) is 2. The van der Waals surface area contributed by atoms with Crippen molar-refractivity contribution < 1.29 is 15.0 Å². The molecular weight excluding hydrogens is 146 g/mol. The van der Waals surface area contributed by atoms with E-state index < -0.39 is 24.9 Å². The van der Waals surface area contributed by atoms with Crippen molar-refractivity contribution in [3.05, 3.63) is 0 Å². The second-order valence-electron chi connectivity index (χ2n) is 2.27. The summed E-state index contributed by atoms with van der Waals surface area (Å²) in [4.78, 5) is 10.7. The summed E-state index contributed by atoms with van der Waals surface area (Å²) in [6.07, 6.45) is 0.480. The second-order valence-corrected chi connectivity index (χ2v) is 2.27. The van der Waals surface area contributed by atoms with Gasteiger partial charge in [-0.25, -0.2) is 5.11 Å². The summed E-state index contributed by atoms with van der Waals surface area (Å²) in [5.41, 5.74) is -0.245. The zero-order valence-electron chi connectivity index (χ0n) is 6.46. The summed E-state index contributed by atoms with van der Waals surface area (Å²) < 4.78 is 0. The highest BCUT2D eigenvalue weighted by molar-refractivity contribution is 6.39. The largest absolute Gasteiger partial charge is 0.388 e. The number of carbonyl (C=O) groups is 1. The second kappa shape index (κ2) is 4.98. The zero-order valence-corrected chi connectivity index (χ0v) is 6.46. The summed E-state index contributed by atoms with van der Waals surface area (Å²) in [6.45, 7) is 0.609. The van der Waals surface area contributed by atoms with Crippen molar-refractivity contribution in [2.24, 2.45) is 5.92 Å². The predicted molar refractivity (Wildman–Crippen MR) is 39.2 cm³/mol. The normalized spacial score (nSPS) is 12.6. The van der Waals surface area contributed by atoms with Crippen LogP contribution in [0.5, 0.6) is 0 Å². The van der Waals surface area contributed by atoms with E-state index in [0.29, 0.717) is 6.42 Å². The monoisotopic (exact) mass is 158 g/mol. The first-order chi connectivity index (χ1) is 5.17. The molecule has 4 nitrogen and oxygen atoms in total. The highest BCUT2D eigenvalue weighted by Gasteiger charge is 2.18. The molecule has 0 aliphatic carbocycles. The minimum Gasteiger partial charge on any atom is -0.388 e. The molecule has 0 saturated carbocycles. The number of aliphatic hydroxyl groups excluding tert-OH is 1. The molecule has 0 bridgehead atoms. The molecular formula is C7H12NO3. The first-order valence-corrected chi connectivity index (χ1v) is 3.47. The molecule has 0 aromatic carbocycles. The molecule has 0 heterocycles. The quantitative estimate of drug-likeness (QED) is 0.553. The minimum atomic E-state index is -0.671. The number of nitrogens with one attached hydrogen (secondary N) is 1. The fraction of sp³-hybridized carbons (Fsp3) is 0.714. The van der Waals surface area contributed by atoms with Gasteiger partial charge < -0.3 is 10.5 Å². The Morgan fingerprint density at radius 3 is 2.45 bits per heavy atom. The van der Waals surface area contributed by atoms with Gasteiger partial charge in [0.2, 0.25) is 5.78 Å². The molecule has 0 spiro atoms.